The van der Waals surface area contributed by atoms with E-state index >= 15 is 0 Å². The van der Waals surface area contributed by atoms with E-state index in [1.165, 1.54) is 6.26 Å². The molecule has 3 aromatic heterocycles. The van der Waals surface area contributed by atoms with Crippen LogP contribution in [0.3, 0.4) is 0 Å². The zero-order valence-corrected chi connectivity index (χ0v) is 16.8. The van der Waals surface area contributed by atoms with E-state index in [2.05, 4.69) is 32.0 Å². The maximum Gasteiger partial charge on any atom is 0.276 e. The Balaban J connectivity index is 1.53. The van der Waals surface area contributed by atoms with Crippen LogP contribution in [0.15, 0.2) is 41.3 Å². The third kappa shape index (κ3) is 3.93. The van der Waals surface area contributed by atoms with Gasteiger partial charge < -0.3 is 14.2 Å². The zero-order chi connectivity index (χ0) is 20.2. The molecule has 1 N–H and O–H groups in total. The topological polar surface area (TPSA) is 91.2 Å². The highest BCUT2D eigenvalue weighted by atomic mass is 16.3. The molecule has 0 atom stereocenters. The number of aromatic nitrogens is 4. The summed E-state index contributed by atoms with van der Waals surface area (Å²) < 4.78 is 5.65. The number of aromatic amines is 1. The van der Waals surface area contributed by atoms with Crippen molar-refractivity contribution < 1.29 is 9.21 Å². The third-order valence-corrected chi connectivity index (χ3v) is 5.55. The first kappa shape index (κ1) is 19.3. The molecule has 0 spiro atoms. The molecule has 1 aliphatic heterocycles. The fourth-order valence-corrected chi connectivity index (χ4v) is 3.91. The number of nitrogens with one attached hydrogen (secondary N) is 1. The van der Waals surface area contributed by atoms with E-state index in [1.807, 2.05) is 30.0 Å². The number of pyridine rings is 1. The first-order valence-electron chi connectivity index (χ1n) is 10.2. The first-order chi connectivity index (χ1) is 14.2. The Kier molecular flexibility index (Phi) is 5.71. The lowest BCUT2D eigenvalue weighted by Crippen LogP contribution is -2.47. The van der Waals surface area contributed by atoms with Crippen molar-refractivity contribution in [2.45, 2.75) is 32.7 Å². The van der Waals surface area contributed by atoms with Gasteiger partial charge in [0.1, 0.15) is 12.0 Å². The lowest BCUT2D eigenvalue weighted by atomic mass is 10.0. The van der Waals surface area contributed by atoms with E-state index in [9.17, 15) is 4.79 Å². The summed E-state index contributed by atoms with van der Waals surface area (Å²) in [5.41, 5.74) is 2.37. The minimum absolute atomic E-state index is 0.0830. The number of likely N-dealkylation sites (tertiary alicyclic amines) is 1. The average molecular weight is 394 g/mol. The monoisotopic (exact) mass is 394 g/mol. The minimum atomic E-state index is -0.0830. The van der Waals surface area contributed by atoms with Gasteiger partial charge in [-0.1, -0.05) is 13.0 Å². The molecule has 8 nitrogen and oxygen atoms in total. The Hall–Kier alpha value is -3.00. The Morgan fingerprint density at radius 2 is 2.14 bits per heavy atom. The lowest BCUT2D eigenvalue weighted by molar-refractivity contribution is 0.0586. The smallest absolute Gasteiger partial charge is 0.276 e. The number of rotatable bonds is 6. The summed E-state index contributed by atoms with van der Waals surface area (Å²) in [6.45, 7) is 7.95. The fourth-order valence-electron chi connectivity index (χ4n) is 3.91. The van der Waals surface area contributed by atoms with Crippen LogP contribution >= 0.6 is 0 Å². The van der Waals surface area contributed by atoms with Crippen LogP contribution in [0.4, 0.5) is 0 Å². The molecular weight excluding hydrogens is 368 g/mol. The maximum absolute atomic E-state index is 13.1. The molecule has 8 heteroatoms. The van der Waals surface area contributed by atoms with E-state index in [-0.39, 0.29) is 11.9 Å². The number of piperidine rings is 1. The van der Waals surface area contributed by atoms with Crippen LogP contribution in [-0.2, 0) is 0 Å². The van der Waals surface area contributed by atoms with Crippen LogP contribution < -0.4 is 0 Å². The summed E-state index contributed by atoms with van der Waals surface area (Å²) in [5.74, 6) is 0.278. The van der Waals surface area contributed by atoms with Gasteiger partial charge in [-0.2, -0.15) is 5.10 Å². The van der Waals surface area contributed by atoms with Gasteiger partial charge in [0.15, 0.2) is 5.69 Å². The molecule has 0 radical (unpaired) electrons. The van der Waals surface area contributed by atoms with Crippen molar-refractivity contribution in [3.8, 4) is 22.8 Å². The van der Waals surface area contributed by atoms with Crippen molar-refractivity contribution >= 4 is 5.91 Å². The Bertz CT molecular complexity index is 943. The molecule has 0 aliphatic carbocycles. The molecule has 0 bridgehead atoms. The highest BCUT2D eigenvalue weighted by molar-refractivity contribution is 5.93. The molecule has 1 aliphatic rings. The molecule has 152 valence electrons. The summed E-state index contributed by atoms with van der Waals surface area (Å²) in [5, 5.41) is 7.11. The van der Waals surface area contributed by atoms with Crippen molar-refractivity contribution in [2.75, 3.05) is 26.2 Å². The van der Waals surface area contributed by atoms with Gasteiger partial charge in [0.05, 0.1) is 11.3 Å². The summed E-state index contributed by atoms with van der Waals surface area (Å²) in [7, 11) is 0. The van der Waals surface area contributed by atoms with Crippen LogP contribution in [-0.4, -0.2) is 68.1 Å². The van der Waals surface area contributed by atoms with Gasteiger partial charge in [-0.3, -0.25) is 14.9 Å². The average Bonchev–Trinajstić information content (AvgIpc) is 3.45. The summed E-state index contributed by atoms with van der Waals surface area (Å²) in [6, 6.07) is 5.86. The van der Waals surface area contributed by atoms with Gasteiger partial charge in [0, 0.05) is 38.1 Å². The number of nitrogens with zero attached hydrogens (tertiary/aromatic N) is 5. The molecule has 4 rings (SSSR count). The molecule has 3 aromatic rings. The number of amides is 1. The van der Waals surface area contributed by atoms with Crippen LogP contribution in [0.1, 0.15) is 37.2 Å². The summed E-state index contributed by atoms with van der Waals surface area (Å²) in [6.07, 6.45) is 6.84. The standard InChI is InChI=1S/C21H26N6O2/c1-3-26-11-8-15(9-12-26)27(4-2)21(28)18-14-29-20(24-18)16-13-23-25-19(16)17-7-5-6-10-22-17/h5-7,10,13-15H,3-4,8-9,11-12H2,1-2H3,(H,23,25). The minimum Gasteiger partial charge on any atom is -0.443 e. The van der Waals surface area contributed by atoms with Crippen molar-refractivity contribution in [1.82, 2.24) is 30.0 Å². The fraction of sp³-hybridized carbons (Fsp3) is 0.429. The second-order valence-electron chi connectivity index (χ2n) is 7.16. The Morgan fingerprint density at radius 3 is 2.83 bits per heavy atom. The summed E-state index contributed by atoms with van der Waals surface area (Å²) in [4.78, 5) is 26.3. The first-order valence-corrected chi connectivity index (χ1v) is 10.2. The molecule has 29 heavy (non-hydrogen) atoms. The summed E-state index contributed by atoms with van der Waals surface area (Å²) >= 11 is 0. The second-order valence-corrected chi connectivity index (χ2v) is 7.16. The number of hydrogen-bond donors (Lipinski definition) is 1. The number of hydrogen-bond acceptors (Lipinski definition) is 6. The largest absolute Gasteiger partial charge is 0.443 e. The predicted octanol–water partition coefficient (Wildman–Crippen LogP) is 3.07. The molecule has 0 aromatic carbocycles. The molecule has 1 fully saturated rings. The van der Waals surface area contributed by atoms with Crippen molar-refractivity contribution in [1.29, 1.82) is 0 Å². The van der Waals surface area contributed by atoms with E-state index in [0.717, 1.165) is 32.5 Å². The highest BCUT2D eigenvalue weighted by Crippen LogP contribution is 2.28. The van der Waals surface area contributed by atoms with E-state index in [4.69, 9.17) is 4.42 Å². The van der Waals surface area contributed by atoms with Crippen LogP contribution in [0.2, 0.25) is 0 Å². The van der Waals surface area contributed by atoms with E-state index in [0.29, 0.717) is 35.1 Å². The van der Waals surface area contributed by atoms with Crippen LogP contribution in [0, 0.1) is 0 Å². The van der Waals surface area contributed by atoms with Gasteiger partial charge >= 0.3 is 0 Å². The van der Waals surface area contributed by atoms with Crippen molar-refractivity contribution in [2.24, 2.45) is 0 Å². The molecule has 0 unspecified atom stereocenters. The Labute approximate surface area is 170 Å². The van der Waals surface area contributed by atoms with Gasteiger partial charge in [-0.05, 0) is 38.4 Å². The van der Waals surface area contributed by atoms with E-state index in [1.54, 1.807) is 12.4 Å². The predicted molar refractivity (Wildman–Crippen MR) is 109 cm³/mol. The highest BCUT2D eigenvalue weighted by Gasteiger charge is 2.29. The van der Waals surface area contributed by atoms with Gasteiger partial charge in [-0.25, -0.2) is 4.98 Å². The number of oxazole rings is 1. The second kappa shape index (κ2) is 8.57. The van der Waals surface area contributed by atoms with Gasteiger partial charge in [-0.15, -0.1) is 0 Å². The zero-order valence-electron chi connectivity index (χ0n) is 16.8. The third-order valence-electron chi connectivity index (χ3n) is 5.55. The molecule has 1 amide bonds. The van der Waals surface area contributed by atoms with E-state index < -0.39 is 0 Å². The maximum atomic E-state index is 13.1. The molecule has 4 heterocycles. The van der Waals surface area contributed by atoms with Crippen molar-refractivity contribution in [3.05, 3.63) is 42.5 Å². The number of carbonyl (C=O) groups is 1. The van der Waals surface area contributed by atoms with Gasteiger partial charge in [0.25, 0.3) is 5.91 Å². The normalized spacial score (nSPS) is 15.5. The molecule has 0 saturated carbocycles. The number of H-pyrrole nitrogens is 1. The number of carbonyl (C=O) groups excluding carboxylic acids is 1. The molecular formula is C21H26N6O2. The van der Waals surface area contributed by atoms with Gasteiger partial charge in [0.2, 0.25) is 5.89 Å². The van der Waals surface area contributed by atoms with Crippen molar-refractivity contribution in [3.63, 3.8) is 0 Å². The quantitative estimate of drug-likeness (QED) is 0.691. The lowest BCUT2D eigenvalue weighted by Gasteiger charge is -2.37. The van der Waals surface area contributed by atoms with Crippen LogP contribution in [0.25, 0.3) is 22.8 Å². The Morgan fingerprint density at radius 1 is 1.31 bits per heavy atom. The van der Waals surface area contributed by atoms with Crippen LogP contribution in [0.5, 0.6) is 0 Å². The SMILES string of the molecule is CCN1CCC(N(CC)C(=O)c2coc(-c3c[nH]nc3-c3ccccn3)n2)CC1. The molecule has 1 saturated heterocycles.